The number of carbonyl (C=O) groups is 1. The first-order valence-electron chi connectivity index (χ1n) is 7.20. The van der Waals surface area contributed by atoms with Gasteiger partial charge in [0.2, 0.25) is 5.82 Å². The van der Waals surface area contributed by atoms with Crippen molar-refractivity contribution >= 4 is 6.29 Å². The number of ether oxygens (including phenoxy) is 2. The number of rotatable bonds is 7. The summed E-state index contributed by atoms with van der Waals surface area (Å²) < 4.78 is 39.4. The molecule has 3 rings (SSSR count). The van der Waals surface area contributed by atoms with E-state index in [0.717, 1.165) is 0 Å². The third-order valence-corrected chi connectivity index (χ3v) is 3.14. The maximum Gasteiger partial charge on any atom is 0.387 e. The van der Waals surface area contributed by atoms with Crippen molar-refractivity contribution in [1.82, 2.24) is 10.1 Å². The van der Waals surface area contributed by atoms with Crippen molar-refractivity contribution in [2.45, 2.75) is 13.2 Å². The molecule has 0 aliphatic carbocycles. The zero-order chi connectivity index (χ0) is 17.6. The van der Waals surface area contributed by atoms with Crippen LogP contribution in [0.15, 0.2) is 53.1 Å². The minimum atomic E-state index is -2.91. The van der Waals surface area contributed by atoms with Crippen molar-refractivity contribution < 1.29 is 27.6 Å². The summed E-state index contributed by atoms with van der Waals surface area (Å²) in [5, 5.41) is 3.79. The Labute approximate surface area is 141 Å². The molecule has 25 heavy (non-hydrogen) atoms. The average molecular weight is 346 g/mol. The predicted octanol–water partition coefficient (Wildman–Crippen LogP) is 3.73. The minimum absolute atomic E-state index is 0.000720. The van der Waals surface area contributed by atoms with Gasteiger partial charge in [-0.2, -0.15) is 13.8 Å². The largest absolute Gasteiger partial charge is 0.484 e. The number of benzene rings is 2. The van der Waals surface area contributed by atoms with E-state index in [1.807, 2.05) is 0 Å². The monoisotopic (exact) mass is 346 g/mol. The Bertz CT molecular complexity index is 867. The van der Waals surface area contributed by atoms with Gasteiger partial charge in [-0.25, -0.2) is 0 Å². The molecule has 1 aromatic heterocycles. The fourth-order valence-corrected chi connectivity index (χ4v) is 2.06. The Morgan fingerprint density at radius 1 is 1.12 bits per heavy atom. The Hall–Kier alpha value is -3.29. The van der Waals surface area contributed by atoms with E-state index in [2.05, 4.69) is 14.9 Å². The highest BCUT2D eigenvalue weighted by atomic mass is 19.3. The van der Waals surface area contributed by atoms with Crippen LogP contribution in [0.3, 0.4) is 0 Å². The van der Waals surface area contributed by atoms with Gasteiger partial charge >= 0.3 is 6.61 Å². The highest BCUT2D eigenvalue weighted by molar-refractivity contribution is 5.75. The molecule has 0 radical (unpaired) electrons. The van der Waals surface area contributed by atoms with Gasteiger partial charge in [-0.05, 0) is 24.3 Å². The minimum Gasteiger partial charge on any atom is -0.484 e. The Kier molecular flexibility index (Phi) is 4.98. The van der Waals surface area contributed by atoms with Crippen LogP contribution >= 0.6 is 0 Å². The Morgan fingerprint density at radius 2 is 1.92 bits per heavy atom. The first-order chi connectivity index (χ1) is 12.1. The molecular weight excluding hydrogens is 334 g/mol. The fraction of sp³-hybridized carbons (Fsp3) is 0.118. The molecule has 1 heterocycles. The lowest BCUT2D eigenvalue weighted by atomic mass is 10.2. The first kappa shape index (κ1) is 16.6. The topological polar surface area (TPSA) is 74.5 Å². The summed E-state index contributed by atoms with van der Waals surface area (Å²) >= 11 is 0. The highest BCUT2D eigenvalue weighted by Gasteiger charge is 2.11. The lowest BCUT2D eigenvalue weighted by Crippen LogP contribution is -2.01. The number of aromatic nitrogens is 2. The summed E-state index contributed by atoms with van der Waals surface area (Å²) in [6.45, 7) is -2.91. The maximum absolute atomic E-state index is 12.3. The second-order valence-electron chi connectivity index (χ2n) is 4.90. The smallest absolute Gasteiger partial charge is 0.387 e. The van der Waals surface area contributed by atoms with Gasteiger partial charge < -0.3 is 14.0 Å². The van der Waals surface area contributed by atoms with Crippen molar-refractivity contribution in [3.63, 3.8) is 0 Å². The lowest BCUT2D eigenvalue weighted by molar-refractivity contribution is -0.0498. The normalized spacial score (nSPS) is 10.7. The van der Waals surface area contributed by atoms with Crippen molar-refractivity contribution in [3.05, 3.63) is 60.0 Å². The van der Waals surface area contributed by atoms with Gasteiger partial charge in [-0.1, -0.05) is 29.4 Å². The Morgan fingerprint density at radius 3 is 2.72 bits per heavy atom. The van der Waals surface area contributed by atoms with Crippen LogP contribution in [0.5, 0.6) is 11.5 Å². The van der Waals surface area contributed by atoms with E-state index in [1.54, 1.807) is 36.4 Å². The molecule has 3 aromatic rings. The molecule has 0 N–H and O–H groups in total. The Balaban J connectivity index is 1.69. The SMILES string of the molecule is O=Cc1cccc(OCc2nc(-c3cccc(OC(F)F)c3)no2)c1. The van der Waals surface area contributed by atoms with E-state index in [-0.39, 0.29) is 24.1 Å². The van der Waals surface area contributed by atoms with Gasteiger partial charge in [0.05, 0.1) is 0 Å². The standard InChI is InChI=1S/C17H12F2N2O4/c18-17(19)24-14-6-2-4-12(8-14)16-20-15(25-21-16)10-23-13-5-1-3-11(7-13)9-22/h1-9,17H,10H2. The molecule has 0 spiro atoms. The molecule has 2 aromatic carbocycles. The second kappa shape index (κ2) is 7.52. The zero-order valence-corrected chi connectivity index (χ0v) is 12.8. The molecule has 0 atom stereocenters. The number of nitrogens with zero attached hydrogens (tertiary/aromatic N) is 2. The molecule has 0 unspecified atom stereocenters. The van der Waals surface area contributed by atoms with E-state index in [4.69, 9.17) is 9.26 Å². The molecule has 0 saturated heterocycles. The van der Waals surface area contributed by atoms with Gasteiger partial charge in [-0.3, -0.25) is 4.79 Å². The van der Waals surface area contributed by atoms with E-state index in [0.29, 0.717) is 23.2 Å². The zero-order valence-electron chi connectivity index (χ0n) is 12.8. The molecule has 0 aliphatic rings. The van der Waals surface area contributed by atoms with E-state index in [9.17, 15) is 13.6 Å². The van der Waals surface area contributed by atoms with Crippen LogP contribution in [-0.4, -0.2) is 23.0 Å². The number of alkyl halides is 2. The second-order valence-corrected chi connectivity index (χ2v) is 4.90. The van der Waals surface area contributed by atoms with Gasteiger partial charge in [0.15, 0.2) is 6.61 Å². The average Bonchev–Trinajstić information content (AvgIpc) is 3.09. The number of hydrogen-bond acceptors (Lipinski definition) is 6. The third kappa shape index (κ3) is 4.37. The first-order valence-corrected chi connectivity index (χ1v) is 7.20. The van der Waals surface area contributed by atoms with Crippen LogP contribution in [-0.2, 0) is 6.61 Å². The summed E-state index contributed by atoms with van der Waals surface area (Å²) in [6.07, 6.45) is 0.714. The molecule has 8 heteroatoms. The number of halogens is 2. The summed E-state index contributed by atoms with van der Waals surface area (Å²) in [4.78, 5) is 14.9. The van der Waals surface area contributed by atoms with Crippen molar-refractivity contribution in [2.75, 3.05) is 0 Å². The molecule has 6 nitrogen and oxygen atoms in total. The molecule has 0 aliphatic heterocycles. The van der Waals surface area contributed by atoms with E-state index >= 15 is 0 Å². The molecule has 0 fully saturated rings. The predicted molar refractivity (Wildman–Crippen MR) is 82.5 cm³/mol. The maximum atomic E-state index is 12.3. The van der Waals surface area contributed by atoms with Crippen molar-refractivity contribution in [1.29, 1.82) is 0 Å². The summed E-state index contributed by atoms with van der Waals surface area (Å²) in [7, 11) is 0. The molecule has 0 saturated carbocycles. The van der Waals surface area contributed by atoms with Crippen LogP contribution in [0.4, 0.5) is 8.78 Å². The number of hydrogen-bond donors (Lipinski definition) is 0. The van der Waals surface area contributed by atoms with Crippen LogP contribution in [0.25, 0.3) is 11.4 Å². The lowest BCUT2D eigenvalue weighted by Gasteiger charge is -2.04. The van der Waals surface area contributed by atoms with Crippen LogP contribution in [0, 0.1) is 0 Å². The summed E-state index contributed by atoms with van der Waals surface area (Å²) in [5.74, 6) is 0.907. The van der Waals surface area contributed by atoms with Gasteiger partial charge in [-0.15, -0.1) is 0 Å². The van der Waals surface area contributed by atoms with Gasteiger partial charge in [0.1, 0.15) is 17.8 Å². The van der Waals surface area contributed by atoms with E-state index < -0.39 is 6.61 Å². The molecule has 0 bridgehead atoms. The molecule has 128 valence electrons. The number of carbonyl (C=O) groups excluding carboxylic acids is 1. The van der Waals surface area contributed by atoms with E-state index in [1.165, 1.54) is 12.1 Å². The van der Waals surface area contributed by atoms with Crippen LogP contribution in [0.2, 0.25) is 0 Å². The van der Waals surface area contributed by atoms with Gasteiger partial charge in [0.25, 0.3) is 5.89 Å². The quantitative estimate of drug-likeness (QED) is 0.607. The van der Waals surface area contributed by atoms with Crippen LogP contribution < -0.4 is 9.47 Å². The fourth-order valence-electron chi connectivity index (χ4n) is 2.06. The van der Waals surface area contributed by atoms with Crippen LogP contribution in [0.1, 0.15) is 16.2 Å². The summed E-state index contributed by atoms with van der Waals surface area (Å²) in [5.41, 5.74) is 0.954. The van der Waals surface area contributed by atoms with Crippen molar-refractivity contribution in [3.8, 4) is 22.9 Å². The summed E-state index contributed by atoms with van der Waals surface area (Å²) in [6, 6.07) is 12.6. The third-order valence-electron chi connectivity index (χ3n) is 3.14. The highest BCUT2D eigenvalue weighted by Crippen LogP contribution is 2.23. The molecular formula is C17H12F2N2O4. The number of aldehydes is 1. The van der Waals surface area contributed by atoms with Crippen molar-refractivity contribution in [2.24, 2.45) is 0 Å². The molecule has 0 amide bonds. The van der Waals surface area contributed by atoms with Gasteiger partial charge in [0, 0.05) is 11.1 Å².